The number of rotatable bonds is 8. The highest BCUT2D eigenvalue weighted by Gasteiger charge is 2.29. The Labute approximate surface area is 177 Å². The van der Waals surface area contributed by atoms with E-state index in [1.165, 1.54) is 12.8 Å². The van der Waals surface area contributed by atoms with Gasteiger partial charge in [0.05, 0.1) is 16.6 Å². The molecule has 1 atom stereocenters. The normalized spacial score (nSPS) is 16.6. The predicted octanol–water partition coefficient (Wildman–Crippen LogP) is 4.07. The minimum atomic E-state index is -0.149. The van der Waals surface area contributed by atoms with Gasteiger partial charge in [0.2, 0.25) is 5.91 Å². The van der Waals surface area contributed by atoms with Crippen molar-refractivity contribution in [1.29, 1.82) is 0 Å². The highest BCUT2D eigenvalue weighted by molar-refractivity contribution is 6.32. The van der Waals surface area contributed by atoms with Gasteiger partial charge < -0.3 is 10.2 Å². The first kappa shape index (κ1) is 21.4. The van der Waals surface area contributed by atoms with Crippen molar-refractivity contribution in [2.45, 2.75) is 45.4 Å². The van der Waals surface area contributed by atoms with Crippen LogP contribution in [0.5, 0.6) is 0 Å². The first-order valence-corrected chi connectivity index (χ1v) is 10.9. The van der Waals surface area contributed by atoms with Crippen molar-refractivity contribution in [1.82, 2.24) is 20.0 Å². The van der Waals surface area contributed by atoms with Crippen LogP contribution < -0.4 is 5.32 Å². The third-order valence-electron chi connectivity index (χ3n) is 5.32. The van der Waals surface area contributed by atoms with Crippen LogP contribution in [0, 0.1) is 5.92 Å². The van der Waals surface area contributed by atoms with Crippen molar-refractivity contribution >= 4 is 23.4 Å². The third-order valence-corrected chi connectivity index (χ3v) is 5.64. The highest BCUT2D eigenvalue weighted by Crippen LogP contribution is 2.21. The van der Waals surface area contributed by atoms with Crippen LogP contribution in [0.1, 0.15) is 55.9 Å². The molecule has 1 aromatic carbocycles. The van der Waals surface area contributed by atoms with Crippen LogP contribution >= 0.6 is 11.6 Å². The summed E-state index contributed by atoms with van der Waals surface area (Å²) in [5.74, 6) is -0.235. The quantitative estimate of drug-likeness (QED) is 0.659. The Morgan fingerprint density at radius 2 is 2.03 bits per heavy atom. The smallest absolute Gasteiger partial charge is 0.274 e. The Hall–Kier alpha value is -2.34. The van der Waals surface area contributed by atoms with E-state index in [0.29, 0.717) is 30.4 Å². The molecule has 0 radical (unpaired) electrons. The molecule has 1 fully saturated rings. The zero-order chi connectivity index (χ0) is 20.6. The molecular weight excluding hydrogens is 388 g/mol. The van der Waals surface area contributed by atoms with E-state index >= 15 is 0 Å². The SMILES string of the molecule is CCCCCCNC(=O)C1CCCN(C(=O)c2ccn(-c3ccccc3Cl)n2)C1. The van der Waals surface area contributed by atoms with Crippen LogP contribution in [0.4, 0.5) is 0 Å². The van der Waals surface area contributed by atoms with E-state index in [2.05, 4.69) is 17.3 Å². The first-order valence-electron chi connectivity index (χ1n) is 10.5. The van der Waals surface area contributed by atoms with E-state index in [1.54, 1.807) is 27.9 Å². The molecule has 3 rings (SSSR count). The Kier molecular flexibility index (Phi) is 7.69. The lowest BCUT2D eigenvalue weighted by molar-refractivity contribution is -0.126. The molecular formula is C22H29ClN4O2. The molecule has 0 saturated carbocycles. The summed E-state index contributed by atoms with van der Waals surface area (Å²) in [5, 5.41) is 8.01. The Bertz CT molecular complexity index is 836. The van der Waals surface area contributed by atoms with E-state index < -0.39 is 0 Å². The molecule has 0 spiro atoms. The number of piperidine rings is 1. The number of likely N-dealkylation sites (tertiary alicyclic amines) is 1. The van der Waals surface area contributed by atoms with Gasteiger partial charge in [0.25, 0.3) is 5.91 Å². The topological polar surface area (TPSA) is 67.2 Å². The van der Waals surface area contributed by atoms with Gasteiger partial charge in [-0.05, 0) is 37.5 Å². The Balaban J connectivity index is 1.57. The fourth-order valence-corrected chi connectivity index (χ4v) is 3.88. The molecule has 0 bridgehead atoms. The minimum Gasteiger partial charge on any atom is -0.356 e. The molecule has 0 aliphatic carbocycles. The van der Waals surface area contributed by atoms with Crippen LogP contribution in [-0.2, 0) is 4.79 Å². The zero-order valence-corrected chi connectivity index (χ0v) is 17.7. The molecule has 2 aromatic rings. The van der Waals surface area contributed by atoms with E-state index in [0.717, 1.165) is 31.4 Å². The van der Waals surface area contributed by atoms with Crippen molar-refractivity contribution < 1.29 is 9.59 Å². The number of hydrogen-bond donors (Lipinski definition) is 1. The van der Waals surface area contributed by atoms with Crippen LogP contribution in [-0.4, -0.2) is 46.1 Å². The summed E-state index contributed by atoms with van der Waals surface area (Å²) in [6.07, 6.45) is 7.90. The van der Waals surface area contributed by atoms with Gasteiger partial charge in [-0.15, -0.1) is 0 Å². The van der Waals surface area contributed by atoms with Gasteiger partial charge in [-0.2, -0.15) is 5.10 Å². The molecule has 2 amide bonds. The summed E-state index contributed by atoms with van der Waals surface area (Å²) in [5.41, 5.74) is 1.10. The minimum absolute atomic E-state index is 0.0561. The lowest BCUT2D eigenvalue weighted by Crippen LogP contribution is -2.45. The number of halogens is 1. The van der Waals surface area contributed by atoms with E-state index in [1.807, 2.05) is 18.2 Å². The molecule has 1 aromatic heterocycles. The fraction of sp³-hybridized carbons (Fsp3) is 0.500. The standard InChI is InChI=1S/C22H29ClN4O2/c1-2-3-4-7-13-24-21(28)17-9-8-14-26(16-17)22(29)19-12-15-27(25-19)20-11-6-5-10-18(20)23/h5-6,10-12,15,17H,2-4,7-9,13-14,16H2,1H3,(H,24,28). The summed E-state index contributed by atoms with van der Waals surface area (Å²) in [7, 11) is 0. The lowest BCUT2D eigenvalue weighted by Gasteiger charge is -2.31. The number of nitrogens with zero attached hydrogens (tertiary/aromatic N) is 3. The van der Waals surface area contributed by atoms with Gasteiger partial charge in [-0.25, -0.2) is 4.68 Å². The average Bonchev–Trinajstić information content (AvgIpc) is 3.23. The molecule has 7 heteroatoms. The predicted molar refractivity (Wildman–Crippen MR) is 114 cm³/mol. The number of unbranched alkanes of at least 4 members (excludes halogenated alkanes) is 3. The maximum absolute atomic E-state index is 12.9. The number of aromatic nitrogens is 2. The van der Waals surface area contributed by atoms with Crippen molar-refractivity contribution in [3.05, 3.63) is 47.2 Å². The third kappa shape index (κ3) is 5.60. The largest absolute Gasteiger partial charge is 0.356 e. The van der Waals surface area contributed by atoms with E-state index in [4.69, 9.17) is 11.6 Å². The molecule has 1 aliphatic heterocycles. The van der Waals surface area contributed by atoms with Crippen LogP contribution in [0.25, 0.3) is 5.69 Å². The van der Waals surface area contributed by atoms with Crippen molar-refractivity contribution in [3.63, 3.8) is 0 Å². The van der Waals surface area contributed by atoms with Crippen LogP contribution in [0.3, 0.4) is 0 Å². The number of amides is 2. The van der Waals surface area contributed by atoms with Gasteiger partial charge >= 0.3 is 0 Å². The maximum Gasteiger partial charge on any atom is 0.274 e. The summed E-state index contributed by atoms with van der Waals surface area (Å²) >= 11 is 6.22. The number of benzene rings is 1. The molecule has 2 heterocycles. The Morgan fingerprint density at radius 1 is 1.21 bits per heavy atom. The molecule has 156 valence electrons. The maximum atomic E-state index is 12.9. The van der Waals surface area contributed by atoms with Gasteiger partial charge in [0.1, 0.15) is 0 Å². The Morgan fingerprint density at radius 3 is 2.83 bits per heavy atom. The fourth-order valence-electron chi connectivity index (χ4n) is 3.66. The molecule has 1 unspecified atom stereocenters. The van der Waals surface area contributed by atoms with Crippen LogP contribution in [0.15, 0.2) is 36.5 Å². The highest BCUT2D eigenvalue weighted by atomic mass is 35.5. The molecule has 29 heavy (non-hydrogen) atoms. The van der Waals surface area contributed by atoms with Crippen molar-refractivity contribution in [2.24, 2.45) is 5.92 Å². The van der Waals surface area contributed by atoms with Gasteiger partial charge in [0, 0.05) is 25.8 Å². The average molecular weight is 417 g/mol. The second-order valence-electron chi connectivity index (χ2n) is 7.54. The van der Waals surface area contributed by atoms with Gasteiger partial charge in [-0.3, -0.25) is 9.59 Å². The number of carbonyl (C=O) groups excluding carboxylic acids is 2. The molecule has 1 aliphatic rings. The van der Waals surface area contributed by atoms with Crippen molar-refractivity contribution in [2.75, 3.05) is 19.6 Å². The number of hydrogen-bond acceptors (Lipinski definition) is 3. The lowest BCUT2D eigenvalue weighted by atomic mass is 9.96. The molecule has 6 nitrogen and oxygen atoms in total. The number of carbonyl (C=O) groups is 2. The summed E-state index contributed by atoms with van der Waals surface area (Å²) in [6, 6.07) is 9.06. The molecule has 1 saturated heterocycles. The monoisotopic (exact) mass is 416 g/mol. The van der Waals surface area contributed by atoms with E-state index in [-0.39, 0.29) is 17.7 Å². The van der Waals surface area contributed by atoms with E-state index in [9.17, 15) is 9.59 Å². The van der Waals surface area contributed by atoms with Gasteiger partial charge in [0.15, 0.2) is 5.69 Å². The number of nitrogens with one attached hydrogen (secondary N) is 1. The number of para-hydroxylation sites is 1. The molecule has 1 N–H and O–H groups in total. The van der Waals surface area contributed by atoms with Gasteiger partial charge in [-0.1, -0.05) is 49.9 Å². The zero-order valence-electron chi connectivity index (χ0n) is 16.9. The van der Waals surface area contributed by atoms with Crippen LogP contribution in [0.2, 0.25) is 5.02 Å². The van der Waals surface area contributed by atoms with Crippen molar-refractivity contribution in [3.8, 4) is 5.69 Å². The second-order valence-corrected chi connectivity index (χ2v) is 7.95. The summed E-state index contributed by atoms with van der Waals surface area (Å²) < 4.78 is 1.61. The second kappa shape index (κ2) is 10.4. The summed E-state index contributed by atoms with van der Waals surface area (Å²) in [6.45, 7) is 3.98. The first-order chi connectivity index (χ1) is 14.1. The summed E-state index contributed by atoms with van der Waals surface area (Å²) in [4.78, 5) is 27.1.